The Morgan fingerprint density at radius 1 is 1.26 bits per heavy atom. The van der Waals surface area contributed by atoms with Gasteiger partial charge in [-0.1, -0.05) is 0 Å². The molecule has 1 aliphatic heterocycles. The number of sulfonamides is 1. The van der Waals surface area contributed by atoms with Gasteiger partial charge in [-0.05, 0) is 24.3 Å². The molecule has 1 aromatic carbocycles. The molecule has 0 unspecified atom stereocenters. The lowest BCUT2D eigenvalue weighted by Crippen LogP contribution is -2.34. The third-order valence-electron chi connectivity index (χ3n) is 2.86. The standard InChI is InChI=1S/C12H17NO5S/c1-13(9-12-17-7-8-18-12)19(14,15)11-5-3-10(16-2)4-6-11/h3-6,12H,7-9H2,1-2H3. The third kappa shape index (κ3) is 3.24. The molecular weight excluding hydrogens is 270 g/mol. The summed E-state index contributed by atoms with van der Waals surface area (Å²) in [6.07, 6.45) is -0.488. The summed E-state index contributed by atoms with van der Waals surface area (Å²) in [6, 6.07) is 6.26. The van der Waals surface area contributed by atoms with E-state index in [-0.39, 0.29) is 11.4 Å². The van der Waals surface area contributed by atoms with E-state index in [1.54, 1.807) is 12.1 Å². The minimum absolute atomic E-state index is 0.175. The molecule has 1 heterocycles. The zero-order valence-corrected chi connectivity index (χ0v) is 11.7. The number of benzene rings is 1. The van der Waals surface area contributed by atoms with Crippen LogP contribution in [-0.2, 0) is 19.5 Å². The molecular formula is C12H17NO5S. The number of hydrogen-bond acceptors (Lipinski definition) is 5. The lowest BCUT2D eigenvalue weighted by Gasteiger charge is -2.20. The predicted molar refractivity (Wildman–Crippen MR) is 68.5 cm³/mol. The second kappa shape index (κ2) is 5.87. The Balaban J connectivity index is 2.10. The van der Waals surface area contributed by atoms with Gasteiger partial charge in [0.05, 0.1) is 31.8 Å². The molecule has 0 atom stereocenters. The van der Waals surface area contributed by atoms with Crippen LogP contribution >= 0.6 is 0 Å². The Morgan fingerprint density at radius 3 is 2.37 bits per heavy atom. The fourth-order valence-corrected chi connectivity index (χ4v) is 2.91. The Labute approximate surface area is 112 Å². The van der Waals surface area contributed by atoms with Gasteiger partial charge in [-0.3, -0.25) is 0 Å². The molecule has 0 amide bonds. The quantitative estimate of drug-likeness (QED) is 0.797. The normalized spacial score (nSPS) is 17.0. The highest BCUT2D eigenvalue weighted by Crippen LogP contribution is 2.19. The van der Waals surface area contributed by atoms with Gasteiger partial charge in [-0.25, -0.2) is 8.42 Å². The summed E-state index contributed by atoms with van der Waals surface area (Å²) in [7, 11) is -0.497. The minimum Gasteiger partial charge on any atom is -0.497 e. The monoisotopic (exact) mass is 287 g/mol. The fourth-order valence-electron chi connectivity index (χ4n) is 1.75. The van der Waals surface area contributed by atoms with Crippen molar-refractivity contribution in [1.82, 2.24) is 4.31 Å². The lowest BCUT2D eigenvalue weighted by atomic mass is 10.3. The largest absolute Gasteiger partial charge is 0.497 e. The second-order valence-electron chi connectivity index (χ2n) is 4.13. The first-order valence-corrected chi connectivity index (χ1v) is 7.31. The topological polar surface area (TPSA) is 65.1 Å². The number of likely N-dealkylation sites (N-methyl/N-ethyl adjacent to an activating group) is 1. The maximum atomic E-state index is 12.3. The molecule has 0 bridgehead atoms. The molecule has 7 heteroatoms. The zero-order chi connectivity index (χ0) is 13.9. The Hall–Kier alpha value is -1.15. The van der Waals surface area contributed by atoms with Crippen LogP contribution in [0, 0.1) is 0 Å². The van der Waals surface area contributed by atoms with E-state index < -0.39 is 16.3 Å². The van der Waals surface area contributed by atoms with Crippen LogP contribution in [0.3, 0.4) is 0 Å². The van der Waals surface area contributed by atoms with Crippen molar-refractivity contribution in [3.63, 3.8) is 0 Å². The van der Waals surface area contributed by atoms with E-state index in [0.717, 1.165) is 0 Å². The first-order chi connectivity index (χ1) is 9.04. The summed E-state index contributed by atoms with van der Waals surface area (Å²) in [5.41, 5.74) is 0. The first-order valence-electron chi connectivity index (χ1n) is 5.87. The summed E-state index contributed by atoms with van der Waals surface area (Å²) < 4.78 is 41.3. The Morgan fingerprint density at radius 2 is 1.84 bits per heavy atom. The van der Waals surface area contributed by atoms with Crippen LogP contribution in [0.25, 0.3) is 0 Å². The van der Waals surface area contributed by atoms with Crippen LogP contribution in [0.5, 0.6) is 5.75 Å². The number of hydrogen-bond donors (Lipinski definition) is 0. The summed E-state index contributed by atoms with van der Waals surface area (Å²) in [5.74, 6) is 0.615. The van der Waals surface area contributed by atoms with E-state index in [2.05, 4.69) is 0 Å². The second-order valence-corrected chi connectivity index (χ2v) is 6.18. The van der Waals surface area contributed by atoms with Gasteiger partial charge in [0, 0.05) is 7.05 Å². The van der Waals surface area contributed by atoms with Gasteiger partial charge in [0.1, 0.15) is 5.75 Å². The average Bonchev–Trinajstić information content (AvgIpc) is 2.91. The molecule has 1 aliphatic rings. The number of methoxy groups -OCH3 is 1. The maximum Gasteiger partial charge on any atom is 0.242 e. The van der Waals surface area contributed by atoms with Gasteiger partial charge in [0.25, 0.3) is 0 Å². The van der Waals surface area contributed by atoms with E-state index in [0.29, 0.717) is 19.0 Å². The van der Waals surface area contributed by atoms with Crippen LogP contribution in [0.15, 0.2) is 29.2 Å². The molecule has 1 aromatic rings. The highest BCUT2D eigenvalue weighted by molar-refractivity contribution is 7.89. The van der Waals surface area contributed by atoms with Crippen molar-refractivity contribution in [1.29, 1.82) is 0 Å². The summed E-state index contributed by atoms with van der Waals surface area (Å²) in [4.78, 5) is 0.216. The van der Waals surface area contributed by atoms with Crippen molar-refractivity contribution in [3.8, 4) is 5.75 Å². The smallest absolute Gasteiger partial charge is 0.242 e. The van der Waals surface area contributed by atoms with Crippen molar-refractivity contribution in [2.75, 3.05) is 33.9 Å². The third-order valence-corrected chi connectivity index (χ3v) is 4.70. The SMILES string of the molecule is COc1ccc(S(=O)(=O)N(C)CC2OCCO2)cc1. The van der Waals surface area contributed by atoms with Gasteiger partial charge >= 0.3 is 0 Å². The van der Waals surface area contributed by atoms with E-state index in [9.17, 15) is 8.42 Å². The van der Waals surface area contributed by atoms with E-state index in [1.807, 2.05) is 0 Å². The van der Waals surface area contributed by atoms with Crippen molar-refractivity contribution in [2.24, 2.45) is 0 Å². The lowest BCUT2D eigenvalue weighted by molar-refractivity contribution is -0.0482. The summed E-state index contributed by atoms with van der Waals surface area (Å²) in [6.45, 7) is 1.18. The van der Waals surface area contributed by atoms with Gasteiger partial charge in [0.15, 0.2) is 6.29 Å². The molecule has 0 spiro atoms. The van der Waals surface area contributed by atoms with Crippen LogP contribution in [0.2, 0.25) is 0 Å². The molecule has 106 valence electrons. The van der Waals surface area contributed by atoms with E-state index in [1.165, 1.54) is 30.6 Å². The van der Waals surface area contributed by atoms with Crippen molar-refractivity contribution in [3.05, 3.63) is 24.3 Å². The van der Waals surface area contributed by atoms with Crippen molar-refractivity contribution < 1.29 is 22.6 Å². The molecule has 0 aliphatic carbocycles. The molecule has 6 nitrogen and oxygen atoms in total. The van der Waals surface area contributed by atoms with Gasteiger partial charge < -0.3 is 14.2 Å². The number of nitrogens with zero attached hydrogens (tertiary/aromatic N) is 1. The Kier molecular flexibility index (Phi) is 4.41. The molecule has 2 rings (SSSR count). The minimum atomic E-state index is -3.53. The first kappa shape index (κ1) is 14.3. The van der Waals surface area contributed by atoms with Crippen molar-refractivity contribution in [2.45, 2.75) is 11.2 Å². The van der Waals surface area contributed by atoms with Crippen LogP contribution in [-0.4, -0.2) is 52.9 Å². The van der Waals surface area contributed by atoms with Gasteiger partial charge in [-0.15, -0.1) is 0 Å². The number of rotatable bonds is 5. The van der Waals surface area contributed by atoms with E-state index in [4.69, 9.17) is 14.2 Å². The molecule has 1 fully saturated rings. The van der Waals surface area contributed by atoms with Crippen molar-refractivity contribution >= 4 is 10.0 Å². The molecule has 0 aromatic heterocycles. The molecule has 0 saturated carbocycles. The molecule has 19 heavy (non-hydrogen) atoms. The summed E-state index contributed by atoms with van der Waals surface area (Å²) >= 11 is 0. The number of ether oxygens (including phenoxy) is 3. The average molecular weight is 287 g/mol. The van der Waals surface area contributed by atoms with Crippen LogP contribution in [0.4, 0.5) is 0 Å². The fraction of sp³-hybridized carbons (Fsp3) is 0.500. The molecule has 1 saturated heterocycles. The van der Waals surface area contributed by atoms with Crippen LogP contribution in [0.1, 0.15) is 0 Å². The highest BCUT2D eigenvalue weighted by atomic mass is 32.2. The van der Waals surface area contributed by atoms with Gasteiger partial charge in [0.2, 0.25) is 10.0 Å². The van der Waals surface area contributed by atoms with Crippen LogP contribution < -0.4 is 4.74 Å². The molecule has 0 N–H and O–H groups in total. The summed E-state index contributed by atoms with van der Waals surface area (Å²) in [5, 5.41) is 0. The van der Waals surface area contributed by atoms with E-state index >= 15 is 0 Å². The highest BCUT2D eigenvalue weighted by Gasteiger charge is 2.26. The zero-order valence-electron chi connectivity index (χ0n) is 10.9. The molecule has 0 radical (unpaired) electrons. The predicted octanol–water partition coefficient (Wildman–Crippen LogP) is 0.689. The maximum absolute atomic E-state index is 12.3. The Bertz CT molecular complexity index is 507. The van der Waals surface area contributed by atoms with Gasteiger partial charge in [-0.2, -0.15) is 4.31 Å².